The molecule has 0 aromatic rings. The van der Waals surface area contributed by atoms with Crippen LogP contribution in [0.5, 0.6) is 0 Å². The van der Waals surface area contributed by atoms with Crippen molar-refractivity contribution in [2.45, 2.75) is 58.2 Å². The molecule has 0 bridgehead atoms. The molecule has 1 aliphatic carbocycles. The summed E-state index contributed by atoms with van der Waals surface area (Å²) >= 11 is 0. The first-order valence-electron chi connectivity index (χ1n) is 8.45. The Morgan fingerprint density at radius 1 is 1.18 bits per heavy atom. The van der Waals surface area contributed by atoms with Crippen LogP contribution in [0.2, 0.25) is 0 Å². The van der Waals surface area contributed by atoms with Crippen molar-refractivity contribution in [1.82, 2.24) is 8.61 Å². The third kappa shape index (κ3) is 4.54. The predicted octanol–water partition coefficient (Wildman–Crippen LogP) is 2.41. The lowest BCUT2D eigenvalue weighted by atomic mass is 9.89. The molecule has 0 amide bonds. The molecule has 1 saturated carbocycles. The van der Waals surface area contributed by atoms with E-state index in [-0.39, 0.29) is 12.2 Å². The number of morpholine rings is 1. The Hall–Kier alpha value is -0.430. The van der Waals surface area contributed by atoms with E-state index in [1.54, 1.807) is 14.7 Å². The van der Waals surface area contributed by atoms with E-state index in [1.807, 2.05) is 13.8 Å². The van der Waals surface area contributed by atoms with Crippen LogP contribution in [0.1, 0.15) is 46.0 Å². The van der Waals surface area contributed by atoms with Gasteiger partial charge in [-0.2, -0.15) is 17.0 Å². The van der Waals surface area contributed by atoms with Crippen molar-refractivity contribution < 1.29 is 13.2 Å². The summed E-state index contributed by atoms with van der Waals surface area (Å²) < 4.78 is 34.8. The van der Waals surface area contributed by atoms with E-state index in [0.29, 0.717) is 32.1 Å². The summed E-state index contributed by atoms with van der Waals surface area (Å²) in [5, 5.41) is 0. The molecule has 6 heteroatoms. The second-order valence-corrected chi connectivity index (χ2v) is 8.62. The summed E-state index contributed by atoms with van der Waals surface area (Å²) in [5.41, 5.74) is 0. The summed E-state index contributed by atoms with van der Waals surface area (Å²) in [6.45, 7) is 9.47. The summed E-state index contributed by atoms with van der Waals surface area (Å²) in [6, 6.07) is 0. The molecule has 2 unspecified atom stereocenters. The van der Waals surface area contributed by atoms with Gasteiger partial charge in [-0.15, -0.1) is 6.58 Å². The Morgan fingerprint density at radius 3 is 2.32 bits per heavy atom. The molecule has 2 aliphatic rings. The Bertz CT molecular complexity index is 450. The number of ether oxygens (including phenoxy) is 1. The van der Waals surface area contributed by atoms with Gasteiger partial charge in [-0.1, -0.05) is 25.3 Å². The van der Waals surface area contributed by atoms with Gasteiger partial charge in [0.1, 0.15) is 0 Å². The molecule has 1 aliphatic heterocycles. The number of nitrogens with zero attached hydrogens (tertiary/aromatic N) is 2. The molecule has 128 valence electrons. The highest BCUT2D eigenvalue weighted by molar-refractivity contribution is 7.86. The lowest BCUT2D eigenvalue weighted by Gasteiger charge is -2.38. The lowest BCUT2D eigenvalue weighted by Crippen LogP contribution is -2.53. The van der Waals surface area contributed by atoms with Crippen molar-refractivity contribution in [2.24, 2.45) is 5.92 Å². The van der Waals surface area contributed by atoms with E-state index in [9.17, 15) is 8.42 Å². The van der Waals surface area contributed by atoms with Crippen LogP contribution >= 0.6 is 0 Å². The molecule has 5 nitrogen and oxygen atoms in total. The SMILES string of the molecule is C=CCN(CC1CCCCC1)S(=O)(=O)N1CC(C)OC(C)C1. The van der Waals surface area contributed by atoms with Crippen LogP contribution in [0.4, 0.5) is 0 Å². The van der Waals surface area contributed by atoms with Crippen molar-refractivity contribution in [3.05, 3.63) is 12.7 Å². The molecular weight excluding hydrogens is 300 g/mol. The van der Waals surface area contributed by atoms with E-state index in [0.717, 1.165) is 12.8 Å². The van der Waals surface area contributed by atoms with Gasteiger partial charge in [0.15, 0.2) is 0 Å². The van der Waals surface area contributed by atoms with Gasteiger partial charge >= 0.3 is 0 Å². The molecule has 1 saturated heterocycles. The highest BCUT2D eigenvalue weighted by atomic mass is 32.2. The van der Waals surface area contributed by atoms with Crippen molar-refractivity contribution in [2.75, 3.05) is 26.2 Å². The van der Waals surface area contributed by atoms with Gasteiger partial charge in [0.2, 0.25) is 0 Å². The first-order chi connectivity index (χ1) is 10.4. The minimum Gasteiger partial charge on any atom is -0.373 e. The molecule has 2 atom stereocenters. The smallest absolute Gasteiger partial charge is 0.282 e. The molecule has 0 spiro atoms. The van der Waals surface area contributed by atoms with Crippen LogP contribution in [0.3, 0.4) is 0 Å². The van der Waals surface area contributed by atoms with Crippen LogP contribution < -0.4 is 0 Å². The van der Waals surface area contributed by atoms with Gasteiger partial charge in [-0.25, -0.2) is 0 Å². The Morgan fingerprint density at radius 2 is 1.77 bits per heavy atom. The van der Waals surface area contributed by atoms with Crippen LogP contribution in [0, 0.1) is 5.92 Å². The summed E-state index contributed by atoms with van der Waals surface area (Å²) in [7, 11) is -3.44. The van der Waals surface area contributed by atoms with E-state index in [1.165, 1.54) is 19.3 Å². The average Bonchev–Trinajstić information content (AvgIpc) is 2.47. The molecule has 2 rings (SSSR count). The Balaban J connectivity index is 2.08. The molecular formula is C16H30N2O3S. The van der Waals surface area contributed by atoms with Gasteiger partial charge in [0.05, 0.1) is 12.2 Å². The molecule has 0 aromatic carbocycles. The quantitative estimate of drug-likeness (QED) is 0.703. The fraction of sp³-hybridized carbons (Fsp3) is 0.875. The summed E-state index contributed by atoms with van der Waals surface area (Å²) in [4.78, 5) is 0. The number of hydrogen-bond donors (Lipinski definition) is 0. The van der Waals surface area contributed by atoms with Crippen LogP contribution in [-0.2, 0) is 14.9 Å². The zero-order valence-corrected chi connectivity index (χ0v) is 14.7. The van der Waals surface area contributed by atoms with Crippen LogP contribution in [-0.4, -0.2) is 55.4 Å². The predicted molar refractivity (Wildman–Crippen MR) is 88.8 cm³/mol. The topological polar surface area (TPSA) is 49.9 Å². The van der Waals surface area contributed by atoms with E-state index in [2.05, 4.69) is 6.58 Å². The third-order valence-corrected chi connectivity index (χ3v) is 6.46. The summed E-state index contributed by atoms with van der Waals surface area (Å²) in [6.07, 6.45) is 7.57. The fourth-order valence-corrected chi connectivity index (χ4v) is 5.36. The minimum atomic E-state index is -3.44. The van der Waals surface area contributed by atoms with Gasteiger partial charge in [0.25, 0.3) is 10.2 Å². The minimum absolute atomic E-state index is 0.0567. The van der Waals surface area contributed by atoms with Crippen LogP contribution in [0.15, 0.2) is 12.7 Å². The highest BCUT2D eigenvalue weighted by Gasteiger charge is 2.35. The lowest BCUT2D eigenvalue weighted by molar-refractivity contribution is -0.0455. The first kappa shape index (κ1) is 17.9. The highest BCUT2D eigenvalue weighted by Crippen LogP contribution is 2.26. The molecule has 0 radical (unpaired) electrons. The maximum absolute atomic E-state index is 13.0. The maximum Gasteiger partial charge on any atom is 0.282 e. The molecule has 0 aromatic heterocycles. The van der Waals surface area contributed by atoms with E-state index in [4.69, 9.17) is 4.74 Å². The van der Waals surface area contributed by atoms with Gasteiger partial charge in [-0.3, -0.25) is 0 Å². The maximum atomic E-state index is 13.0. The molecule has 2 fully saturated rings. The van der Waals surface area contributed by atoms with Crippen molar-refractivity contribution >= 4 is 10.2 Å². The van der Waals surface area contributed by atoms with Gasteiger partial charge in [-0.05, 0) is 32.6 Å². The molecule has 22 heavy (non-hydrogen) atoms. The molecule has 0 N–H and O–H groups in total. The van der Waals surface area contributed by atoms with Gasteiger partial charge in [0, 0.05) is 26.2 Å². The second kappa shape index (κ2) is 7.90. The standard InChI is InChI=1S/C16H30N2O3S/c1-4-10-17(13-16-8-6-5-7-9-16)22(19,20)18-11-14(2)21-15(3)12-18/h4,14-16H,1,5-13H2,2-3H3. The Kier molecular flexibility index (Phi) is 6.44. The largest absolute Gasteiger partial charge is 0.373 e. The van der Waals surface area contributed by atoms with Crippen molar-refractivity contribution in [3.8, 4) is 0 Å². The van der Waals surface area contributed by atoms with Gasteiger partial charge < -0.3 is 4.74 Å². The zero-order chi connectivity index (χ0) is 16.2. The average molecular weight is 330 g/mol. The fourth-order valence-electron chi connectivity index (χ4n) is 3.55. The first-order valence-corrected chi connectivity index (χ1v) is 9.84. The number of rotatable bonds is 6. The van der Waals surface area contributed by atoms with E-state index < -0.39 is 10.2 Å². The van der Waals surface area contributed by atoms with E-state index >= 15 is 0 Å². The Labute approximate surface area is 135 Å². The van der Waals surface area contributed by atoms with Crippen molar-refractivity contribution in [3.63, 3.8) is 0 Å². The monoisotopic (exact) mass is 330 g/mol. The molecule has 1 heterocycles. The summed E-state index contributed by atoms with van der Waals surface area (Å²) in [5.74, 6) is 0.486. The zero-order valence-electron chi connectivity index (χ0n) is 13.9. The van der Waals surface area contributed by atoms with Crippen molar-refractivity contribution in [1.29, 1.82) is 0 Å². The third-order valence-electron chi connectivity index (χ3n) is 4.56. The second-order valence-electron chi connectivity index (χ2n) is 6.69. The van der Waals surface area contributed by atoms with Crippen LogP contribution in [0.25, 0.3) is 0 Å². The number of hydrogen-bond acceptors (Lipinski definition) is 3. The normalized spacial score (nSPS) is 28.9.